The zero-order valence-electron chi connectivity index (χ0n) is 16.9. The van der Waals surface area contributed by atoms with Crippen LogP contribution in [0.1, 0.15) is 6.92 Å². The lowest BCUT2D eigenvalue weighted by Gasteiger charge is -2.09. The monoisotopic (exact) mass is 429 g/mol. The predicted molar refractivity (Wildman–Crippen MR) is 124 cm³/mol. The molecule has 0 aliphatic heterocycles. The van der Waals surface area contributed by atoms with Crippen LogP contribution in [0.25, 0.3) is 5.69 Å². The van der Waals surface area contributed by atoms with Gasteiger partial charge >= 0.3 is 0 Å². The summed E-state index contributed by atoms with van der Waals surface area (Å²) < 4.78 is 13.5. The molecule has 0 aliphatic carbocycles. The summed E-state index contributed by atoms with van der Waals surface area (Å²) in [6, 6.07) is 28.3. The Bertz CT molecular complexity index is 1180. The third kappa shape index (κ3) is 5.62. The highest BCUT2D eigenvalue weighted by Crippen LogP contribution is 2.19. The van der Waals surface area contributed by atoms with Crippen molar-refractivity contribution in [2.45, 2.75) is 6.92 Å². The van der Waals surface area contributed by atoms with Crippen LogP contribution in [0.3, 0.4) is 0 Å². The first-order valence-electron chi connectivity index (χ1n) is 9.69. The van der Waals surface area contributed by atoms with Gasteiger partial charge in [-0.3, -0.25) is 0 Å². The van der Waals surface area contributed by atoms with Crippen LogP contribution < -0.4 is 9.47 Å². The maximum Gasteiger partial charge on any atom is 0.238 e. The SMILES string of the molecule is CC(=COc1ccn(-c2ccc(Cl)cc2)n1)C(=Nc1ccccc1)Oc1ccccc1. The molecule has 0 atom stereocenters. The van der Waals surface area contributed by atoms with Crippen molar-refractivity contribution in [1.82, 2.24) is 9.78 Å². The summed E-state index contributed by atoms with van der Waals surface area (Å²) in [7, 11) is 0. The number of hydrogen-bond donors (Lipinski definition) is 0. The van der Waals surface area contributed by atoms with Crippen molar-refractivity contribution in [2.75, 3.05) is 0 Å². The minimum Gasteiger partial charge on any atom is -0.445 e. The highest BCUT2D eigenvalue weighted by atomic mass is 35.5. The molecular formula is C25H20ClN3O2. The van der Waals surface area contributed by atoms with Gasteiger partial charge in [0.1, 0.15) is 12.0 Å². The van der Waals surface area contributed by atoms with E-state index in [-0.39, 0.29) is 0 Å². The van der Waals surface area contributed by atoms with Gasteiger partial charge in [-0.15, -0.1) is 5.10 Å². The van der Waals surface area contributed by atoms with Crippen molar-refractivity contribution in [3.05, 3.63) is 114 Å². The molecule has 1 heterocycles. The van der Waals surface area contributed by atoms with E-state index < -0.39 is 0 Å². The maximum atomic E-state index is 6.02. The molecule has 0 saturated carbocycles. The minimum absolute atomic E-state index is 0.439. The van der Waals surface area contributed by atoms with Crippen molar-refractivity contribution in [3.8, 4) is 17.3 Å². The molecule has 154 valence electrons. The number of aromatic nitrogens is 2. The fourth-order valence-electron chi connectivity index (χ4n) is 2.72. The highest BCUT2D eigenvalue weighted by molar-refractivity contribution is 6.30. The van der Waals surface area contributed by atoms with E-state index in [0.29, 0.717) is 28.1 Å². The Morgan fingerprint density at radius 2 is 1.58 bits per heavy atom. The molecule has 4 aromatic rings. The van der Waals surface area contributed by atoms with Crippen LogP contribution in [-0.4, -0.2) is 15.7 Å². The molecular weight excluding hydrogens is 410 g/mol. The molecule has 1 aromatic heterocycles. The van der Waals surface area contributed by atoms with Crippen molar-refractivity contribution in [1.29, 1.82) is 0 Å². The fourth-order valence-corrected chi connectivity index (χ4v) is 2.84. The van der Waals surface area contributed by atoms with E-state index >= 15 is 0 Å². The van der Waals surface area contributed by atoms with Gasteiger partial charge in [0, 0.05) is 22.9 Å². The summed E-state index contributed by atoms with van der Waals surface area (Å²) in [4.78, 5) is 4.64. The first-order valence-corrected chi connectivity index (χ1v) is 10.1. The van der Waals surface area contributed by atoms with E-state index in [1.165, 1.54) is 0 Å². The van der Waals surface area contributed by atoms with Crippen LogP contribution in [0, 0.1) is 0 Å². The Labute approximate surface area is 185 Å². The van der Waals surface area contributed by atoms with Gasteiger partial charge in [0.2, 0.25) is 11.8 Å². The number of para-hydroxylation sites is 2. The average molecular weight is 430 g/mol. The lowest BCUT2D eigenvalue weighted by molar-refractivity contribution is 0.450. The molecule has 0 amide bonds. The number of ether oxygens (including phenoxy) is 2. The Kier molecular flexibility index (Phi) is 6.45. The average Bonchev–Trinajstić information content (AvgIpc) is 3.28. The van der Waals surface area contributed by atoms with Crippen LogP contribution in [0.4, 0.5) is 5.69 Å². The van der Waals surface area contributed by atoms with E-state index in [2.05, 4.69) is 10.1 Å². The molecule has 0 spiro atoms. The van der Waals surface area contributed by atoms with Crippen molar-refractivity contribution >= 4 is 23.2 Å². The summed E-state index contributed by atoms with van der Waals surface area (Å²) in [5.74, 6) is 1.58. The van der Waals surface area contributed by atoms with E-state index in [4.69, 9.17) is 21.1 Å². The lowest BCUT2D eigenvalue weighted by atomic mass is 10.3. The second-order valence-corrected chi connectivity index (χ2v) is 7.10. The zero-order valence-corrected chi connectivity index (χ0v) is 17.6. The van der Waals surface area contributed by atoms with Crippen LogP contribution >= 0.6 is 11.6 Å². The largest absolute Gasteiger partial charge is 0.445 e. The third-order valence-corrected chi connectivity index (χ3v) is 4.55. The quantitative estimate of drug-likeness (QED) is 0.196. The molecule has 5 nitrogen and oxygen atoms in total. The van der Waals surface area contributed by atoms with E-state index in [1.807, 2.05) is 98.0 Å². The molecule has 3 aromatic carbocycles. The van der Waals surface area contributed by atoms with Crippen molar-refractivity contribution in [3.63, 3.8) is 0 Å². The standard InChI is InChI=1S/C25H20ClN3O2/c1-19(18-30-24-16-17-29(28-24)22-14-12-20(26)13-15-22)25(27-21-8-4-2-5-9-21)31-23-10-6-3-7-11-23/h2-18H,1H3. The Morgan fingerprint density at radius 3 is 2.29 bits per heavy atom. The Hall–Kier alpha value is -3.83. The second kappa shape index (κ2) is 9.78. The van der Waals surface area contributed by atoms with Gasteiger partial charge in [-0.1, -0.05) is 48.0 Å². The van der Waals surface area contributed by atoms with Gasteiger partial charge in [-0.2, -0.15) is 0 Å². The van der Waals surface area contributed by atoms with Crippen molar-refractivity contribution < 1.29 is 9.47 Å². The van der Waals surface area contributed by atoms with E-state index in [0.717, 1.165) is 11.4 Å². The topological polar surface area (TPSA) is 48.6 Å². The molecule has 0 saturated heterocycles. The Balaban J connectivity index is 1.54. The number of aliphatic imine (C=N–C) groups is 1. The molecule has 6 heteroatoms. The smallest absolute Gasteiger partial charge is 0.238 e. The van der Waals surface area contributed by atoms with Gasteiger partial charge < -0.3 is 9.47 Å². The lowest BCUT2D eigenvalue weighted by Crippen LogP contribution is -2.11. The Morgan fingerprint density at radius 1 is 0.903 bits per heavy atom. The van der Waals surface area contributed by atoms with Crippen LogP contribution in [0.15, 0.2) is 114 Å². The van der Waals surface area contributed by atoms with E-state index in [1.54, 1.807) is 17.0 Å². The summed E-state index contributed by atoms with van der Waals surface area (Å²) in [6.45, 7) is 1.88. The fraction of sp³-hybridized carbons (Fsp3) is 0.0400. The van der Waals surface area contributed by atoms with Gasteiger partial charge in [-0.05, 0) is 55.5 Å². The van der Waals surface area contributed by atoms with Gasteiger partial charge in [0.15, 0.2) is 0 Å². The first kappa shape index (κ1) is 20.4. The molecule has 0 unspecified atom stereocenters. The van der Waals surface area contributed by atoms with Crippen LogP contribution in [-0.2, 0) is 0 Å². The van der Waals surface area contributed by atoms with Gasteiger partial charge in [0.25, 0.3) is 0 Å². The van der Waals surface area contributed by atoms with Crippen molar-refractivity contribution in [2.24, 2.45) is 4.99 Å². The second-order valence-electron chi connectivity index (χ2n) is 6.66. The van der Waals surface area contributed by atoms with Gasteiger partial charge in [-0.25, -0.2) is 9.67 Å². The molecule has 31 heavy (non-hydrogen) atoms. The summed E-state index contributed by atoms with van der Waals surface area (Å²) >= 11 is 5.95. The van der Waals surface area contributed by atoms with Gasteiger partial charge in [0.05, 0.1) is 11.4 Å². The third-order valence-electron chi connectivity index (χ3n) is 4.29. The molecule has 0 radical (unpaired) electrons. The number of benzene rings is 3. The predicted octanol–water partition coefficient (Wildman–Crippen LogP) is 6.62. The number of rotatable bonds is 6. The zero-order chi connectivity index (χ0) is 21.5. The normalized spacial score (nSPS) is 11.9. The molecule has 4 rings (SSSR count). The maximum absolute atomic E-state index is 6.02. The minimum atomic E-state index is 0.439. The highest BCUT2D eigenvalue weighted by Gasteiger charge is 2.08. The molecule has 0 fully saturated rings. The summed E-state index contributed by atoms with van der Waals surface area (Å²) in [5.41, 5.74) is 2.39. The summed E-state index contributed by atoms with van der Waals surface area (Å²) in [5, 5.41) is 5.11. The van der Waals surface area contributed by atoms with Crippen LogP contribution in [0.5, 0.6) is 11.6 Å². The van der Waals surface area contributed by atoms with Crippen LogP contribution in [0.2, 0.25) is 5.02 Å². The summed E-state index contributed by atoms with van der Waals surface area (Å²) in [6.07, 6.45) is 3.40. The first-order chi connectivity index (χ1) is 15.2. The molecule has 0 N–H and O–H groups in total. The number of hydrogen-bond acceptors (Lipinski definition) is 4. The van der Waals surface area contributed by atoms with E-state index in [9.17, 15) is 0 Å². The molecule has 0 bridgehead atoms. The number of halogens is 1. The molecule has 0 aliphatic rings. The number of nitrogens with zero attached hydrogens (tertiary/aromatic N) is 3.